The Morgan fingerprint density at radius 3 is 2.70 bits per heavy atom. The van der Waals surface area contributed by atoms with Gasteiger partial charge in [0.25, 0.3) is 5.91 Å². The van der Waals surface area contributed by atoms with E-state index in [1.54, 1.807) is 0 Å². The third-order valence-electron chi connectivity index (χ3n) is 2.39. The van der Waals surface area contributed by atoms with E-state index in [9.17, 15) is 13.6 Å². The lowest BCUT2D eigenvalue weighted by molar-refractivity contribution is 0.102. The van der Waals surface area contributed by atoms with Crippen LogP contribution in [0.5, 0.6) is 0 Å². The van der Waals surface area contributed by atoms with Crippen LogP contribution in [0.1, 0.15) is 10.4 Å². The van der Waals surface area contributed by atoms with E-state index in [2.05, 4.69) is 26.2 Å². The van der Waals surface area contributed by atoms with E-state index in [-0.39, 0.29) is 26.6 Å². The Balaban J connectivity index is 2.35. The highest BCUT2D eigenvalue weighted by Crippen LogP contribution is 2.28. The molecule has 2 aromatic rings. The number of amides is 1. The van der Waals surface area contributed by atoms with Gasteiger partial charge < -0.3 is 11.1 Å². The number of nitrogens with two attached hydrogens (primary N) is 1. The van der Waals surface area contributed by atoms with Crippen molar-refractivity contribution in [2.24, 2.45) is 0 Å². The zero-order valence-electron chi connectivity index (χ0n) is 9.75. The maximum absolute atomic E-state index is 13.6. The predicted molar refractivity (Wildman–Crippen MR) is 75.7 cm³/mol. The minimum atomic E-state index is -0.913. The Kier molecular flexibility index (Phi) is 4.20. The minimum Gasteiger partial charge on any atom is -0.397 e. The lowest BCUT2D eigenvalue weighted by atomic mass is 10.2. The van der Waals surface area contributed by atoms with Crippen molar-refractivity contribution in [3.63, 3.8) is 0 Å². The molecule has 3 N–H and O–H groups in total. The molecule has 2 rings (SSSR count). The summed E-state index contributed by atoms with van der Waals surface area (Å²) in [5.74, 6) is -2.36. The normalized spacial score (nSPS) is 10.4. The van der Waals surface area contributed by atoms with Crippen molar-refractivity contribution in [1.82, 2.24) is 4.98 Å². The van der Waals surface area contributed by atoms with Gasteiger partial charge in [-0.25, -0.2) is 13.8 Å². The highest BCUT2D eigenvalue weighted by atomic mass is 79.9. The quantitative estimate of drug-likeness (QED) is 0.802. The molecule has 0 fully saturated rings. The number of carbonyl (C=O) groups excluding carboxylic acids is 1. The molecule has 0 radical (unpaired) electrons. The van der Waals surface area contributed by atoms with E-state index in [1.165, 1.54) is 12.3 Å². The van der Waals surface area contributed by atoms with Gasteiger partial charge in [0.2, 0.25) is 0 Å². The molecule has 0 atom stereocenters. The molecular weight excluding hydrogens is 356 g/mol. The van der Waals surface area contributed by atoms with Crippen LogP contribution in [0.2, 0.25) is 5.15 Å². The number of anilines is 2. The minimum absolute atomic E-state index is 0.0422. The smallest absolute Gasteiger partial charge is 0.258 e. The zero-order valence-corrected chi connectivity index (χ0v) is 12.1. The maximum Gasteiger partial charge on any atom is 0.258 e. The molecule has 1 amide bonds. The Labute approximate surface area is 126 Å². The Morgan fingerprint density at radius 1 is 1.35 bits per heavy atom. The second kappa shape index (κ2) is 5.72. The summed E-state index contributed by atoms with van der Waals surface area (Å²) < 4.78 is 26.6. The summed E-state index contributed by atoms with van der Waals surface area (Å²) in [5.41, 5.74) is 5.54. The molecule has 1 aromatic carbocycles. The van der Waals surface area contributed by atoms with Gasteiger partial charge in [-0.05, 0) is 28.1 Å². The first kappa shape index (κ1) is 14.7. The summed E-state index contributed by atoms with van der Waals surface area (Å²) in [6.45, 7) is 0. The van der Waals surface area contributed by atoms with E-state index < -0.39 is 17.5 Å². The first-order chi connectivity index (χ1) is 9.38. The summed E-state index contributed by atoms with van der Waals surface area (Å²) in [6.07, 6.45) is 1.22. The SMILES string of the molecule is Nc1cnc(Cl)cc1C(=O)Nc1c(F)cc(F)cc1Br. The summed E-state index contributed by atoms with van der Waals surface area (Å²) in [7, 11) is 0. The van der Waals surface area contributed by atoms with Crippen LogP contribution in [0.25, 0.3) is 0 Å². The van der Waals surface area contributed by atoms with Gasteiger partial charge in [0, 0.05) is 10.5 Å². The number of hydrogen-bond donors (Lipinski definition) is 2. The van der Waals surface area contributed by atoms with Gasteiger partial charge in [0.15, 0.2) is 5.82 Å². The Bertz CT molecular complexity index is 673. The molecule has 0 unspecified atom stereocenters. The van der Waals surface area contributed by atoms with Crippen LogP contribution < -0.4 is 11.1 Å². The van der Waals surface area contributed by atoms with Crippen LogP contribution in [-0.4, -0.2) is 10.9 Å². The number of halogens is 4. The van der Waals surface area contributed by atoms with Crippen molar-refractivity contribution in [1.29, 1.82) is 0 Å². The number of nitrogen functional groups attached to an aromatic ring is 1. The Hall–Kier alpha value is -1.73. The fraction of sp³-hybridized carbons (Fsp3) is 0. The van der Waals surface area contributed by atoms with Gasteiger partial charge in [-0.2, -0.15) is 0 Å². The molecule has 1 heterocycles. The first-order valence-corrected chi connectivity index (χ1v) is 6.42. The summed E-state index contributed by atoms with van der Waals surface area (Å²) in [6, 6.07) is 2.94. The van der Waals surface area contributed by atoms with Gasteiger partial charge in [0.1, 0.15) is 11.0 Å². The van der Waals surface area contributed by atoms with E-state index in [1.807, 2.05) is 0 Å². The fourth-order valence-corrected chi connectivity index (χ4v) is 2.14. The van der Waals surface area contributed by atoms with Crippen molar-refractivity contribution >= 4 is 44.8 Å². The van der Waals surface area contributed by atoms with Crippen LogP contribution >= 0.6 is 27.5 Å². The third-order valence-corrected chi connectivity index (χ3v) is 3.22. The van der Waals surface area contributed by atoms with Crippen molar-refractivity contribution in [2.75, 3.05) is 11.1 Å². The lowest BCUT2D eigenvalue weighted by Gasteiger charge is -2.10. The average molecular weight is 363 g/mol. The van der Waals surface area contributed by atoms with Crippen molar-refractivity contribution in [3.05, 3.63) is 51.2 Å². The number of carbonyl (C=O) groups is 1. The number of nitrogens with zero attached hydrogens (tertiary/aromatic N) is 1. The number of benzene rings is 1. The van der Waals surface area contributed by atoms with E-state index in [0.717, 1.165) is 6.07 Å². The van der Waals surface area contributed by atoms with Crippen LogP contribution in [-0.2, 0) is 0 Å². The van der Waals surface area contributed by atoms with Gasteiger partial charge >= 0.3 is 0 Å². The molecule has 8 heteroatoms. The molecule has 0 saturated heterocycles. The van der Waals surface area contributed by atoms with Gasteiger partial charge in [-0.15, -0.1) is 0 Å². The van der Waals surface area contributed by atoms with Crippen LogP contribution in [0, 0.1) is 11.6 Å². The monoisotopic (exact) mass is 361 g/mol. The fourth-order valence-electron chi connectivity index (χ4n) is 1.48. The molecule has 4 nitrogen and oxygen atoms in total. The number of nitrogens with one attached hydrogen (secondary N) is 1. The van der Waals surface area contributed by atoms with Crippen molar-refractivity contribution in [3.8, 4) is 0 Å². The number of rotatable bonds is 2. The largest absolute Gasteiger partial charge is 0.397 e. The molecule has 0 spiro atoms. The number of pyridine rings is 1. The second-order valence-electron chi connectivity index (χ2n) is 3.79. The zero-order chi connectivity index (χ0) is 14.9. The molecule has 0 saturated carbocycles. The third kappa shape index (κ3) is 3.05. The lowest BCUT2D eigenvalue weighted by Crippen LogP contribution is -2.16. The standard InChI is InChI=1S/C12H7BrClF2N3O/c13-7-1-5(15)2-8(16)11(7)19-12(20)6-3-10(14)18-4-9(6)17/h1-4H,17H2,(H,19,20). The van der Waals surface area contributed by atoms with Crippen LogP contribution in [0.15, 0.2) is 28.9 Å². The van der Waals surface area contributed by atoms with Crippen LogP contribution in [0.3, 0.4) is 0 Å². The second-order valence-corrected chi connectivity index (χ2v) is 5.03. The molecule has 0 aliphatic rings. The first-order valence-electron chi connectivity index (χ1n) is 5.25. The highest BCUT2D eigenvalue weighted by molar-refractivity contribution is 9.10. The molecule has 0 aliphatic heterocycles. The number of hydrogen-bond acceptors (Lipinski definition) is 3. The number of aromatic nitrogens is 1. The van der Waals surface area contributed by atoms with Gasteiger partial charge in [-0.1, -0.05) is 11.6 Å². The molecule has 0 aliphatic carbocycles. The van der Waals surface area contributed by atoms with Crippen molar-refractivity contribution in [2.45, 2.75) is 0 Å². The van der Waals surface area contributed by atoms with E-state index in [0.29, 0.717) is 6.07 Å². The summed E-state index contributed by atoms with van der Waals surface area (Å²) in [4.78, 5) is 15.7. The molecular formula is C12H7BrClF2N3O. The van der Waals surface area contributed by atoms with E-state index in [4.69, 9.17) is 17.3 Å². The molecule has 104 valence electrons. The van der Waals surface area contributed by atoms with Gasteiger partial charge in [0.05, 0.1) is 23.1 Å². The molecule has 20 heavy (non-hydrogen) atoms. The average Bonchev–Trinajstić information content (AvgIpc) is 2.36. The van der Waals surface area contributed by atoms with Crippen molar-refractivity contribution < 1.29 is 13.6 Å². The topological polar surface area (TPSA) is 68.0 Å². The maximum atomic E-state index is 13.6. The summed E-state index contributed by atoms with van der Waals surface area (Å²) >= 11 is 8.64. The summed E-state index contributed by atoms with van der Waals surface area (Å²) in [5, 5.41) is 2.37. The van der Waals surface area contributed by atoms with E-state index >= 15 is 0 Å². The Morgan fingerprint density at radius 2 is 2.05 bits per heavy atom. The molecule has 0 bridgehead atoms. The van der Waals surface area contributed by atoms with Crippen LogP contribution in [0.4, 0.5) is 20.2 Å². The van der Waals surface area contributed by atoms with Gasteiger partial charge in [-0.3, -0.25) is 4.79 Å². The molecule has 1 aromatic heterocycles. The predicted octanol–water partition coefficient (Wildman–Crippen LogP) is 3.61. The highest BCUT2D eigenvalue weighted by Gasteiger charge is 2.16.